The second kappa shape index (κ2) is 9.30. The summed E-state index contributed by atoms with van der Waals surface area (Å²) < 4.78 is 16.1. The molecule has 1 N–H and O–H groups in total. The average molecular weight is 284 g/mol. The van der Waals surface area contributed by atoms with E-state index in [4.69, 9.17) is 14.2 Å². The maximum Gasteiger partial charge on any atom is 0.324 e. The third kappa shape index (κ3) is 6.51. The quantitative estimate of drug-likeness (QED) is 0.657. The highest BCUT2D eigenvalue weighted by Gasteiger charge is 2.08. The molecule has 1 heterocycles. The van der Waals surface area contributed by atoms with Crippen molar-refractivity contribution in [1.29, 1.82) is 0 Å². The van der Waals surface area contributed by atoms with Crippen LogP contribution < -0.4 is 14.8 Å². The minimum Gasteiger partial charge on any atom is -0.464 e. The van der Waals surface area contributed by atoms with Crippen LogP contribution in [0, 0.1) is 0 Å². The summed E-state index contributed by atoms with van der Waals surface area (Å²) >= 11 is 0. The number of hydrogen-bond donors (Lipinski definition) is 1. The second-order valence-corrected chi connectivity index (χ2v) is 4.35. The molecule has 0 aliphatic heterocycles. The SMILES string of the molecule is CCCNc1nc(OCC)nc(OCCOC(C)C)n1. The molecule has 0 bridgehead atoms. The van der Waals surface area contributed by atoms with Crippen LogP contribution in [0.1, 0.15) is 34.1 Å². The molecule has 0 fully saturated rings. The van der Waals surface area contributed by atoms with Crippen molar-refractivity contribution < 1.29 is 14.2 Å². The number of ether oxygens (including phenoxy) is 3. The zero-order valence-electron chi connectivity index (χ0n) is 12.7. The highest BCUT2D eigenvalue weighted by atomic mass is 16.5. The summed E-state index contributed by atoms with van der Waals surface area (Å²) in [6.07, 6.45) is 1.16. The van der Waals surface area contributed by atoms with Gasteiger partial charge in [0.1, 0.15) is 6.61 Å². The molecule has 1 rings (SSSR count). The molecule has 0 aromatic carbocycles. The Morgan fingerprint density at radius 1 is 1.00 bits per heavy atom. The van der Waals surface area contributed by atoms with Crippen LogP contribution in [0.4, 0.5) is 5.95 Å². The van der Waals surface area contributed by atoms with Crippen molar-refractivity contribution in [2.24, 2.45) is 0 Å². The molecule has 0 atom stereocenters. The van der Waals surface area contributed by atoms with Crippen LogP contribution in [0.5, 0.6) is 12.0 Å². The highest BCUT2D eigenvalue weighted by molar-refractivity contribution is 5.27. The van der Waals surface area contributed by atoms with E-state index in [0.717, 1.165) is 13.0 Å². The largest absolute Gasteiger partial charge is 0.464 e. The lowest BCUT2D eigenvalue weighted by molar-refractivity contribution is 0.0528. The predicted molar refractivity (Wildman–Crippen MR) is 76.4 cm³/mol. The summed E-state index contributed by atoms with van der Waals surface area (Å²) in [7, 11) is 0. The van der Waals surface area contributed by atoms with Crippen molar-refractivity contribution in [1.82, 2.24) is 15.0 Å². The molecule has 0 saturated heterocycles. The zero-order valence-corrected chi connectivity index (χ0v) is 12.7. The van der Waals surface area contributed by atoms with Crippen molar-refractivity contribution in [3.05, 3.63) is 0 Å². The standard InChI is InChI=1S/C13H24N4O3/c1-5-7-14-11-15-12(18-6-2)17-13(16-11)20-9-8-19-10(3)4/h10H,5-9H2,1-4H3,(H,14,15,16,17). The summed E-state index contributed by atoms with van der Waals surface area (Å²) in [5.41, 5.74) is 0. The maximum atomic E-state index is 5.46. The fourth-order valence-electron chi connectivity index (χ4n) is 1.33. The average Bonchev–Trinajstić information content (AvgIpc) is 2.41. The molecule has 0 aliphatic rings. The number of nitrogens with one attached hydrogen (secondary N) is 1. The Balaban J connectivity index is 2.60. The van der Waals surface area contributed by atoms with Crippen molar-refractivity contribution in [2.45, 2.75) is 40.2 Å². The molecule has 114 valence electrons. The van der Waals surface area contributed by atoms with Crippen LogP contribution in [0.2, 0.25) is 0 Å². The van der Waals surface area contributed by atoms with Crippen molar-refractivity contribution in [3.63, 3.8) is 0 Å². The van der Waals surface area contributed by atoms with Crippen LogP contribution in [0.25, 0.3) is 0 Å². The van der Waals surface area contributed by atoms with E-state index in [-0.39, 0.29) is 18.1 Å². The number of aromatic nitrogens is 3. The Bertz CT molecular complexity index is 388. The zero-order chi connectivity index (χ0) is 14.8. The molecular weight excluding hydrogens is 260 g/mol. The van der Waals surface area contributed by atoms with E-state index < -0.39 is 0 Å². The van der Waals surface area contributed by atoms with Crippen LogP contribution in [-0.4, -0.2) is 47.4 Å². The van der Waals surface area contributed by atoms with Gasteiger partial charge < -0.3 is 19.5 Å². The molecule has 0 aliphatic carbocycles. The van der Waals surface area contributed by atoms with Gasteiger partial charge in [-0.25, -0.2) is 0 Å². The van der Waals surface area contributed by atoms with Gasteiger partial charge in [-0.05, 0) is 27.2 Å². The van der Waals surface area contributed by atoms with Crippen LogP contribution in [0.3, 0.4) is 0 Å². The molecule has 0 spiro atoms. The van der Waals surface area contributed by atoms with Crippen LogP contribution in [-0.2, 0) is 4.74 Å². The van der Waals surface area contributed by atoms with Gasteiger partial charge in [0.05, 0.1) is 19.3 Å². The number of nitrogens with zero attached hydrogens (tertiary/aromatic N) is 3. The van der Waals surface area contributed by atoms with Gasteiger partial charge in [-0.2, -0.15) is 9.97 Å². The fourth-order valence-corrected chi connectivity index (χ4v) is 1.33. The number of hydrogen-bond acceptors (Lipinski definition) is 7. The Kier molecular flexibility index (Phi) is 7.64. The van der Waals surface area contributed by atoms with Gasteiger partial charge in [0.15, 0.2) is 0 Å². The first-order valence-electron chi connectivity index (χ1n) is 7.02. The first kappa shape index (κ1) is 16.4. The Hall–Kier alpha value is -1.63. The van der Waals surface area contributed by atoms with Crippen LogP contribution >= 0.6 is 0 Å². The van der Waals surface area contributed by atoms with Gasteiger partial charge in [-0.3, -0.25) is 0 Å². The summed E-state index contributed by atoms with van der Waals surface area (Å²) in [6.45, 7) is 10.1. The third-order valence-corrected chi connectivity index (χ3v) is 2.17. The van der Waals surface area contributed by atoms with Gasteiger partial charge in [0.25, 0.3) is 0 Å². The Morgan fingerprint density at radius 2 is 1.70 bits per heavy atom. The molecule has 1 aromatic rings. The van der Waals surface area contributed by atoms with E-state index in [0.29, 0.717) is 25.8 Å². The molecular formula is C13H24N4O3. The monoisotopic (exact) mass is 284 g/mol. The van der Waals surface area contributed by atoms with E-state index in [1.807, 2.05) is 20.8 Å². The fraction of sp³-hybridized carbons (Fsp3) is 0.769. The molecule has 7 nitrogen and oxygen atoms in total. The lowest BCUT2D eigenvalue weighted by Gasteiger charge is -2.10. The lowest BCUT2D eigenvalue weighted by atomic mass is 10.5. The van der Waals surface area contributed by atoms with Crippen molar-refractivity contribution in [3.8, 4) is 12.0 Å². The van der Waals surface area contributed by atoms with Crippen molar-refractivity contribution in [2.75, 3.05) is 31.7 Å². The topological polar surface area (TPSA) is 78.4 Å². The second-order valence-electron chi connectivity index (χ2n) is 4.35. The summed E-state index contributed by atoms with van der Waals surface area (Å²) in [5.74, 6) is 0.463. The van der Waals surface area contributed by atoms with Crippen LogP contribution in [0.15, 0.2) is 0 Å². The summed E-state index contributed by atoms with van der Waals surface area (Å²) in [5, 5.41) is 3.09. The van der Waals surface area contributed by atoms with E-state index >= 15 is 0 Å². The predicted octanol–water partition coefficient (Wildman–Crippen LogP) is 1.90. The molecule has 0 amide bonds. The first-order valence-corrected chi connectivity index (χ1v) is 7.02. The van der Waals surface area contributed by atoms with Gasteiger partial charge in [0, 0.05) is 6.54 Å². The van der Waals surface area contributed by atoms with Gasteiger partial charge >= 0.3 is 12.0 Å². The summed E-state index contributed by atoms with van der Waals surface area (Å²) in [4.78, 5) is 12.4. The van der Waals surface area contributed by atoms with E-state index in [1.54, 1.807) is 0 Å². The molecule has 0 radical (unpaired) electrons. The lowest BCUT2D eigenvalue weighted by Crippen LogP contribution is -2.14. The van der Waals surface area contributed by atoms with Crippen molar-refractivity contribution >= 4 is 5.95 Å². The van der Waals surface area contributed by atoms with E-state index in [2.05, 4.69) is 27.2 Å². The highest BCUT2D eigenvalue weighted by Crippen LogP contribution is 2.13. The molecule has 0 unspecified atom stereocenters. The maximum absolute atomic E-state index is 5.46. The van der Waals surface area contributed by atoms with E-state index in [9.17, 15) is 0 Å². The van der Waals surface area contributed by atoms with Gasteiger partial charge in [0.2, 0.25) is 5.95 Å². The minimum atomic E-state index is 0.178. The number of anilines is 1. The van der Waals surface area contributed by atoms with Gasteiger partial charge in [-0.1, -0.05) is 6.92 Å². The minimum absolute atomic E-state index is 0.178. The van der Waals surface area contributed by atoms with Gasteiger partial charge in [-0.15, -0.1) is 4.98 Å². The number of rotatable bonds is 10. The normalized spacial score (nSPS) is 10.7. The molecule has 7 heteroatoms. The Labute approximate surface area is 120 Å². The smallest absolute Gasteiger partial charge is 0.324 e. The first-order chi connectivity index (χ1) is 9.65. The molecule has 1 aromatic heterocycles. The third-order valence-electron chi connectivity index (χ3n) is 2.17. The van der Waals surface area contributed by atoms with E-state index in [1.165, 1.54) is 0 Å². The molecule has 0 saturated carbocycles. The Morgan fingerprint density at radius 3 is 2.30 bits per heavy atom. The molecule has 20 heavy (non-hydrogen) atoms. The summed E-state index contributed by atoms with van der Waals surface area (Å²) in [6, 6.07) is 0.510.